The van der Waals surface area contributed by atoms with Crippen molar-refractivity contribution < 1.29 is 20.1 Å². The normalized spacial score (nSPS) is 12.2. The summed E-state index contributed by atoms with van der Waals surface area (Å²) in [7, 11) is 3.43. The first-order chi connectivity index (χ1) is 12.2. The van der Waals surface area contributed by atoms with Gasteiger partial charge in [0.1, 0.15) is 17.7 Å². The number of carbonyl (C=O) groups excluding carboxylic acids is 1. The quantitative estimate of drug-likeness (QED) is 0.691. The molecule has 1 atom stereocenters. The lowest BCUT2D eigenvalue weighted by Crippen LogP contribution is -2.36. The highest BCUT2D eigenvalue weighted by atomic mass is 16.3. The SMILES string of the molecule is Cc1ccc(C(=O)N(C)CCN(C)C(O)c2ccc(C)c(O)c2)cc1O. The standard InChI is InChI=1S/C20H26N2O4/c1-13-5-7-15(11-17(13)23)19(25)21(3)9-10-22(4)20(26)16-8-6-14(2)18(24)12-16/h5-8,11-12,19,23-25H,9-10H2,1-4H3. The molecule has 0 aromatic heterocycles. The Morgan fingerprint density at radius 2 is 1.54 bits per heavy atom. The second kappa shape index (κ2) is 8.21. The summed E-state index contributed by atoms with van der Waals surface area (Å²) in [5.74, 6) is 0.0357. The predicted molar refractivity (Wildman–Crippen MR) is 100 cm³/mol. The van der Waals surface area contributed by atoms with E-state index in [0.29, 0.717) is 29.8 Å². The lowest BCUT2D eigenvalue weighted by Gasteiger charge is -2.26. The van der Waals surface area contributed by atoms with Crippen LogP contribution in [-0.2, 0) is 0 Å². The number of aliphatic hydroxyl groups excluding tert-OH is 1. The third kappa shape index (κ3) is 4.53. The van der Waals surface area contributed by atoms with Crippen LogP contribution in [0.15, 0.2) is 36.4 Å². The minimum Gasteiger partial charge on any atom is -0.508 e. The molecule has 2 aromatic carbocycles. The van der Waals surface area contributed by atoms with E-state index >= 15 is 0 Å². The minimum atomic E-state index is -0.881. The number of rotatable bonds is 6. The molecule has 0 bridgehead atoms. The molecule has 140 valence electrons. The molecule has 6 heteroatoms. The molecule has 6 nitrogen and oxygen atoms in total. The monoisotopic (exact) mass is 358 g/mol. The van der Waals surface area contributed by atoms with Gasteiger partial charge in [0.15, 0.2) is 0 Å². The van der Waals surface area contributed by atoms with Gasteiger partial charge in [0.05, 0.1) is 0 Å². The van der Waals surface area contributed by atoms with Crippen LogP contribution >= 0.6 is 0 Å². The van der Waals surface area contributed by atoms with Gasteiger partial charge in [-0.1, -0.05) is 18.2 Å². The first-order valence-electron chi connectivity index (χ1n) is 8.43. The molecule has 0 fully saturated rings. The highest BCUT2D eigenvalue weighted by molar-refractivity contribution is 5.94. The number of aromatic hydroxyl groups is 2. The molecule has 3 N–H and O–H groups in total. The fourth-order valence-electron chi connectivity index (χ4n) is 2.54. The third-order valence-electron chi connectivity index (χ3n) is 4.54. The Kier molecular flexibility index (Phi) is 6.23. The van der Waals surface area contributed by atoms with E-state index in [9.17, 15) is 20.1 Å². The molecular weight excluding hydrogens is 332 g/mol. The van der Waals surface area contributed by atoms with E-state index < -0.39 is 6.23 Å². The number of hydrogen-bond donors (Lipinski definition) is 3. The maximum Gasteiger partial charge on any atom is 0.253 e. The predicted octanol–water partition coefficient (Wildman–Crippen LogP) is 2.41. The molecule has 0 saturated heterocycles. The van der Waals surface area contributed by atoms with Gasteiger partial charge in [0.25, 0.3) is 5.91 Å². The Morgan fingerprint density at radius 3 is 2.12 bits per heavy atom. The number of amides is 1. The van der Waals surface area contributed by atoms with Gasteiger partial charge in [-0.25, -0.2) is 0 Å². The van der Waals surface area contributed by atoms with Gasteiger partial charge in [-0.05, 0) is 55.8 Å². The summed E-state index contributed by atoms with van der Waals surface area (Å²) in [6, 6.07) is 9.90. The zero-order valence-corrected chi connectivity index (χ0v) is 15.6. The van der Waals surface area contributed by atoms with E-state index in [1.807, 2.05) is 0 Å². The van der Waals surface area contributed by atoms with Crippen molar-refractivity contribution in [2.75, 3.05) is 27.2 Å². The van der Waals surface area contributed by atoms with E-state index in [1.54, 1.807) is 68.1 Å². The van der Waals surface area contributed by atoms with Crippen LogP contribution in [0.2, 0.25) is 0 Å². The van der Waals surface area contributed by atoms with Crippen LogP contribution < -0.4 is 0 Å². The number of aryl methyl sites for hydroxylation is 2. The molecule has 0 aliphatic rings. The Balaban J connectivity index is 1.96. The van der Waals surface area contributed by atoms with E-state index in [-0.39, 0.29) is 17.4 Å². The maximum atomic E-state index is 12.4. The zero-order chi connectivity index (χ0) is 19.4. The Morgan fingerprint density at radius 1 is 0.962 bits per heavy atom. The minimum absolute atomic E-state index is 0.0935. The molecule has 2 aromatic rings. The first-order valence-corrected chi connectivity index (χ1v) is 8.43. The van der Waals surface area contributed by atoms with Crippen molar-refractivity contribution in [2.45, 2.75) is 20.1 Å². The average Bonchev–Trinajstić information content (AvgIpc) is 2.62. The van der Waals surface area contributed by atoms with E-state index in [4.69, 9.17) is 0 Å². The molecule has 0 aliphatic heterocycles. The Labute approximate surface area is 153 Å². The number of phenolic OH excluding ortho intramolecular Hbond substituents is 2. The molecule has 0 saturated carbocycles. The second-order valence-corrected chi connectivity index (χ2v) is 6.63. The van der Waals surface area contributed by atoms with Gasteiger partial charge in [0.2, 0.25) is 0 Å². The van der Waals surface area contributed by atoms with Crippen LogP contribution in [0.25, 0.3) is 0 Å². The average molecular weight is 358 g/mol. The summed E-state index contributed by atoms with van der Waals surface area (Å²) in [5.41, 5.74) is 2.47. The number of carbonyl (C=O) groups is 1. The second-order valence-electron chi connectivity index (χ2n) is 6.63. The first kappa shape index (κ1) is 19.8. The fraction of sp³-hybridized carbons (Fsp3) is 0.350. The van der Waals surface area contributed by atoms with Crippen LogP contribution in [0.5, 0.6) is 11.5 Å². The van der Waals surface area contributed by atoms with Gasteiger partial charge >= 0.3 is 0 Å². The number of aliphatic hydroxyl groups is 1. The van der Waals surface area contributed by atoms with Crippen LogP contribution in [0.1, 0.15) is 33.3 Å². The Hall–Kier alpha value is -2.57. The Bertz CT molecular complexity index is 791. The molecule has 0 heterocycles. The van der Waals surface area contributed by atoms with Crippen molar-refractivity contribution in [3.63, 3.8) is 0 Å². The molecular formula is C20H26N2O4. The molecule has 0 spiro atoms. The van der Waals surface area contributed by atoms with Crippen LogP contribution in [0.4, 0.5) is 0 Å². The summed E-state index contributed by atoms with van der Waals surface area (Å²) in [5, 5.41) is 30.0. The number of hydrogen-bond acceptors (Lipinski definition) is 5. The number of likely N-dealkylation sites (N-methyl/N-ethyl adjacent to an activating group) is 2. The van der Waals surface area contributed by atoms with Crippen molar-refractivity contribution in [1.82, 2.24) is 9.80 Å². The largest absolute Gasteiger partial charge is 0.508 e. The van der Waals surface area contributed by atoms with Crippen molar-refractivity contribution >= 4 is 5.91 Å². The highest BCUT2D eigenvalue weighted by Gasteiger charge is 2.18. The van der Waals surface area contributed by atoms with Crippen LogP contribution in [-0.4, -0.2) is 58.2 Å². The zero-order valence-electron chi connectivity index (χ0n) is 15.6. The maximum absolute atomic E-state index is 12.4. The number of nitrogens with zero attached hydrogens (tertiary/aromatic N) is 2. The molecule has 1 amide bonds. The molecule has 26 heavy (non-hydrogen) atoms. The topological polar surface area (TPSA) is 84.2 Å². The molecule has 1 unspecified atom stereocenters. The van der Waals surface area contributed by atoms with Gasteiger partial charge < -0.3 is 20.2 Å². The lowest BCUT2D eigenvalue weighted by molar-refractivity contribution is 0.0160. The summed E-state index contributed by atoms with van der Waals surface area (Å²) >= 11 is 0. The van der Waals surface area contributed by atoms with Crippen molar-refractivity contribution in [1.29, 1.82) is 0 Å². The summed E-state index contributed by atoms with van der Waals surface area (Å²) in [6.07, 6.45) is -0.881. The molecule has 0 aliphatic carbocycles. The van der Waals surface area contributed by atoms with Gasteiger partial charge in [-0.3, -0.25) is 9.69 Å². The summed E-state index contributed by atoms with van der Waals surface area (Å²) in [6.45, 7) is 4.40. The van der Waals surface area contributed by atoms with Crippen molar-refractivity contribution in [2.24, 2.45) is 0 Å². The lowest BCUT2D eigenvalue weighted by atomic mass is 10.1. The fourth-order valence-corrected chi connectivity index (χ4v) is 2.54. The molecule has 2 rings (SSSR count). The number of benzene rings is 2. The van der Waals surface area contributed by atoms with Crippen molar-refractivity contribution in [3.8, 4) is 11.5 Å². The van der Waals surface area contributed by atoms with Crippen LogP contribution in [0, 0.1) is 13.8 Å². The smallest absolute Gasteiger partial charge is 0.253 e. The van der Waals surface area contributed by atoms with E-state index in [2.05, 4.69) is 0 Å². The van der Waals surface area contributed by atoms with Crippen molar-refractivity contribution in [3.05, 3.63) is 58.7 Å². The molecule has 0 radical (unpaired) electrons. The van der Waals surface area contributed by atoms with Crippen LogP contribution in [0.3, 0.4) is 0 Å². The third-order valence-corrected chi connectivity index (χ3v) is 4.54. The summed E-state index contributed by atoms with van der Waals surface area (Å²) in [4.78, 5) is 15.7. The van der Waals surface area contributed by atoms with Gasteiger partial charge in [-0.15, -0.1) is 0 Å². The van der Waals surface area contributed by atoms with Gasteiger partial charge in [-0.2, -0.15) is 0 Å². The van der Waals surface area contributed by atoms with E-state index in [1.165, 1.54) is 6.07 Å². The number of phenols is 2. The van der Waals surface area contributed by atoms with E-state index in [0.717, 1.165) is 5.56 Å². The van der Waals surface area contributed by atoms with Gasteiger partial charge in [0, 0.05) is 25.7 Å². The summed E-state index contributed by atoms with van der Waals surface area (Å²) < 4.78 is 0. The highest BCUT2D eigenvalue weighted by Crippen LogP contribution is 2.24.